The van der Waals surface area contributed by atoms with Crippen LogP contribution in [0.1, 0.15) is 32.6 Å². The Morgan fingerprint density at radius 1 is 1.12 bits per heavy atom. The number of fused-ring (bicyclic) bond motifs is 1. The van der Waals surface area contributed by atoms with Crippen molar-refractivity contribution in [1.29, 1.82) is 0 Å². The van der Waals surface area contributed by atoms with Gasteiger partial charge in [-0.2, -0.15) is 0 Å². The second kappa shape index (κ2) is 5.90. The van der Waals surface area contributed by atoms with Gasteiger partial charge in [0.1, 0.15) is 0 Å². The van der Waals surface area contributed by atoms with Crippen molar-refractivity contribution in [2.24, 2.45) is 0 Å². The fourth-order valence-corrected chi connectivity index (χ4v) is 2.80. The first-order valence-electron chi connectivity index (χ1n) is 6.12. The predicted molar refractivity (Wildman–Crippen MR) is 74.5 cm³/mol. The molecule has 2 heteroatoms. The molecule has 86 valence electrons. The highest BCUT2D eigenvalue weighted by Crippen LogP contribution is 2.28. The molecular formula is C14H19NS. The van der Waals surface area contributed by atoms with Gasteiger partial charge in [0, 0.05) is 6.54 Å². The molecule has 0 atom stereocenters. The molecule has 2 rings (SSSR count). The maximum Gasteiger partial charge on any atom is 0.0574 e. The molecule has 0 aliphatic heterocycles. The summed E-state index contributed by atoms with van der Waals surface area (Å²) in [6, 6.07) is 8.67. The topological polar surface area (TPSA) is 12.0 Å². The highest BCUT2D eigenvalue weighted by molar-refractivity contribution is 7.17. The Kier molecular flexibility index (Phi) is 4.23. The average molecular weight is 233 g/mol. The number of unbranched alkanes of at least 4 members (excludes halogenated alkanes) is 3. The van der Waals surface area contributed by atoms with Crippen LogP contribution in [0, 0.1) is 0 Å². The molecule has 16 heavy (non-hydrogen) atoms. The third kappa shape index (κ3) is 2.76. The molecule has 1 aromatic carbocycles. The maximum absolute atomic E-state index is 3.54. The zero-order chi connectivity index (χ0) is 11.2. The summed E-state index contributed by atoms with van der Waals surface area (Å²) in [4.78, 5) is 0. The Morgan fingerprint density at radius 2 is 2.06 bits per heavy atom. The highest BCUT2D eigenvalue weighted by atomic mass is 32.1. The monoisotopic (exact) mass is 233 g/mol. The SMILES string of the molecule is CCCCCCNc1cccc2ccsc12. The Morgan fingerprint density at radius 3 is 2.94 bits per heavy atom. The lowest BCUT2D eigenvalue weighted by atomic mass is 10.2. The summed E-state index contributed by atoms with van der Waals surface area (Å²) in [7, 11) is 0. The molecule has 1 aromatic heterocycles. The molecule has 0 aliphatic rings. The van der Waals surface area contributed by atoms with Gasteiger partial charge < -0.3 is 5.32 Å². The molecule has 2 aromatic rings. The summed E-state index contributed by atoms with van der Waals surface area (Å²) >= 11 is 1.82. The van der Waals surface area contributed by atoms with Crippen LogP contribution in [0.25, 0.3) is 10.1 Å². The Bertz CT molecular complexity index is 433. The molecule has 0 saturated heterocycles. The number of benzene rings is 1. The van der Waals surface area contributed by atoms with Crippen molar-refractivity contribution in [3.05, 3.63) is 29.6 Å². The number of nitrogens with one attached hydrogen (secondary N) is 1. The van der Waals surface area contributed by atoms with Gasteiger partial charge >= 0.3 is 0 Å². The molecular weight excluding hydrogens is 214 g/mol. The van der Waals surface area contributed by atoms with Crippen LogP contribution in [-0.4, -0.2) is 6.54 Å². The first-order valence-corrected chi connectivity index (χ1v) is 7.00. The van der Waals surface area contributed by atoms with Gasteiger partial charge in [-0.1, -0.05) is 38.3 Å². The van der Waals surface area contributed by atoms with E-state index in [2.05, 4.69) is 41.9 Å². The van der Waals surface area contributed by atoms with E-state index >= 15 is 0 Å². The van der Waals surface area contributed by atoms with E-state index in [-0.39, 0.29) is 0 Å². The Hall–Kier alpha value is -1.02. The van der Waals surface area contributed by atoms with Gasteiger partial charge in [-0.05, 0) is 29.3 Å². The Balaban J connectivity index is 1.91. The van der Waals surface area contributed by atoms with E-state index in [4.69, 9.17) is 0 Å². The van der Waals surface area contributed by atoms with Crippen LogP contribution in [0.5, 0.6) is 0 Å². The molecule has 0 spiro atoms. The van der Waals surface area contributed by atoms with Gasteiger partial charge in [0.2, 0.25) is 0 Å². The van der Waals surface area contributed by atoms with Gasteiger partial charge in [0.25, 0.3) is 0 Å². The fourth-order valence-electron chi connectivity index (χ4n) is 1.91. The lowest BCUT2D eigenvalue weighted by molar-refractivity contribution is 0.685. The van der Waals surface area contributed by atoms with E-state index in [0.29, 0.717) is 0 Å². The predicted octanol–water partition coefficient (Wildman–Crippen LogP) is 4.89. The molecule has 0 unspecified atom stereocenters. The van der Waals surface area contributed by atoms with E-state index in [0.717, 1.165) is 6.54 Å². The standard InChI is InChI=1S/C14H19NS/c1-2-3-4-5-10-15-13-8-6-7-12-9-11-16-14(12)13/h6-9,11,15H,2-5,10H2,1H3. The molecule has 1 nitrogen and oxygen atoms in total. The first kappa shape index (κ1) is 11.5. The second-order valence-electron chi connectivity index (χ2n) is 4.13. The zero-order valence-corrected chi connectivity index (χ0v) is 10.6. The van der Waals surface area contributed by atoms with Gasteiger partial charge in [0.15, 0.2) is 0 Å². The number of rotatable bonds is 6. The molecule has 0 aliphatic carbocycles. The quantitative estimate of drug-likeness (QED) is 0.700. The van der Waals surface area contributed by atoms with Crippen molar-refractivity contribution in [3.8, 4) is 0 Å². The van der Waals surface area contributed by atoms with E-state index in [9.17, 15) is 0 Å². The van der Waals surface area contributed by atoms with E-state index in [1.54, 1.807) is 0 Å². The van der Waals surface area contributed by atoms with Crippen LogP contribution in [0.15, 0.2) is 29.6 Å². The van der Waals surface area contributed by atoms with Crippen LogP contribution in [0.4, 0.5) is 5.69 Å². The number of anilines is 1. The second-order valence-corrected chi connectivity index (χ2v) is 5.05. The number of hydrogen-bond acceptors (Lipinski definition) is 2. The Labute approximate surface area is 101 Å². The van der Waals surface area contributed by atoms with E-state index < -0.39 is 0 Å². The molecule has 1 heterocycles. The summed E-state index contributed by atoms with van der Waals surface area (Å²) in [5.74, 6) is 0. The van der Waals surface area contributed by atoms with Crippen LogP contribution < -0.4 is 5.32 Å². The molecule has 0 bridgehead atoms. The van der Waals surface area contributed by atoms with Gasteiger partial charge in [-0.25, -0.2) is 0 Å². The minimum absolute atomic E-state index is 1.09. The first-order chi connectivity index (χ1) is 7.92. The zero-order valence-electron chi connectivity index (χ0n) is 9.83. The molecule has 0 radical (unpaired) electrons. The summed E-state index contributed by atoms with van der Waals surface area (Å²) in [5, 5.41) is 7.05. The van der Waals surface area contributed by atoms with Crippen molar-refractivity contribution in [3.63, 3.8) is 0 Å². The lowest BCUT2D eigenvalue weighted by Gasteiger charge is -2.07. The molecule has 0 saturated carbocycles. The fraction of sp³-hybridized carbons (Fsp3) is 0.429. The van der Waals surface area contributed by atoms with Gasteiger partial charge in [-0.3, -0.25) is 0 Å². The summed E-state index contributed by atoms with van der Waals surface area (Å²) in [5.41, 5.74) is 1.30. The van der Waals surface area contributed by atoms with Crippen LogP contribution in [0.2, 0.25) is 0 Å². The number of thiophene rings is 1. The van der Waals surface area contributed by atoms with E-state index in [1.807, 2.05) is 11.3 Å². The maximum atomic E-state index is 3.54. The van der Waals surface area contributed by atoms with Crippen molar-refractivity contribution in [2.45, 2.75) is 32.6 Å². The molecule has 0 amide bonds. The summed E-state index contributed by atoms with van der Waals surface area (Å²) in [6.45, 7) is 3.34. The third-order valence-corrected chi connectivity index (χ3v) is 3.79. The smallest absolute Gasteiger partial charge is 0.0574 e. The van der Waals surface area contributed by atoms with Crippen molar-refractivity contribution >= 4 is 27.1 Å². The summed E-state index contributed by atoms with van der Waals surface area (Å²) in [6.07, 6.45) is 5.27. The van der Waals surface area contributed by atoms with E-state index in [1.165, 1.54) is 41.5 Å². The highest BCUT2D eigenvalue weighted by Gasteiger charge is 2.00. The molecule has 1 N–H and O–H groups in total. The van der Waals surface area contributed by atoms with Crippen LogP contribution in [0.3, 0.4) is 0 Å². The minimum atomic E-state index is 1.09. The van der Waals surface area contributed by atoms with Crippen molar-refractivity contribution in [1.82, 2.24) is 0 Å². The van der Waals surface area contributed by atoms with Crippen molar-refractivity contribution < 1.29 is 0 Å². The average Bonchev–Trinajstić information content (AvgIpc) is 2.77. The van der Waals surface area contributed by atoms with Gasteiger partial charge in [-0.15, -0.1) is 11.3 Å². The van der Waals surface area contributed by atoms with Crippen LogP contribution >= 0.6 is 11.3 Å². The third-order valence-electron chi connectivity index (χ3n) is 2.82. The summed E-state index contributed by atoms with van der Waals surface area (Å²) < 4.78 is 1.39. The normalized spacial score (nSPS) is 10.8. The lowest BCUT2D eigenvalue weighted by Crippen LogP contribution is -2.01. The molecule has 0 fully saturated rings. The number of hydrogen-bond donors (Lipinski definition) is 1. The van der Waals surface area contributed by atoms with Crippen LogP contribution in [-0.2, 0) is 0 Å². The van der Waals surface area contributed by atoms with Gasteiger partial charge in [0.05, 0.1) is 10.4 Å². The largest absolute Gasteiger partial charge is 0.384 e. The minimum Gasteiger partial charge on any atom is -0.384 e. The van der Waals surface area contributed by atoms with Crippen molar-refractivity contribution in [2.75, 3.05) is 11.9 Å².